The summed E-state index contributed by atoms with van der Waals surface area (Å²) < 4.78 is 2.39. The van der Waals surface area contributed by atoms with Crippen LogP contribution in [0.2, 0.25) is 0 Å². The fraction of sp³-hybridized carbons (Fsp3) is 0.278. The van der Waals surface area contributed by atoms with Gasteiger partial charge in [0, 0.05) is 17.3 Å². The van der Waals surface area contributed by atoms with E-state index in [4.69, 9.17) is 10.7 Å². The van der Waals surface area contributed by atoms with Crippen LogP contribution in [-0.2, 0) is 0 Å². The smallest absolute Gasteiger partial charge is 0.141 e. The molecule has 1 aliphatic rings. The molecule has 2 aromatic carbocycles. The van der Waals surface area contributed by atoms with Crippen LogP contribution in [0.4, 0.5) is 5.69 Å². The number of nitrogens with two attached hydrogens (primary N) is 1. The van der Waals surface area contributed by atoms with Crippen molar-refractivity contribution in [2.24, 2.45) is 0 Å². The van der Waals surface area contributed by atoms with Crippen LogP contribution in [-0.4, -0.2) is 9.55 Å². The molecule has 0 aliphatic heterocycles. The predicted octanol–water partition coefficient (Wildman–Crippen LogP) is 4.24. The second kappa shape index (κ2) is 4.35. The highest BCUT2D eigenvalue weighted by Crippen LogP contribution is 2.41. The minimum Gasteiger partial charge on any atom is -0.398 e. The third-order valence-corrected chi connectivity index (χ3v) is 4.29. The summed E-state index contributed by atoms with van der Waals surface area (Å²) in [4.78, 5) is 4.88. The fourth-order valence-electron chi connectivity index (χ4n) is 2.89. The van der Waals surface area contributed by atoms with Gasteiger partial charge in [0.05, 0.1) is 11.0 Å². The first-order valence-corrected chi connectivity index (χ1v) is 7.48. The third kappa shape index (κ3) is 2.00. The van der Waals surface area contributed by atoms with E-state index in [-0.39, 0.29) is 0 Å². The maximum absolute atomic E-state index is 6.08. The van der Waals surface area contributed by atoms with Gasteiger partial charge in [0.2, 0.25) is 0 Å². The van der Waals surface area contributed by atoms with Crippen molar-refractivity contribution in [3.63, 3.8) is 0 Å². The number of aryl methyl sites for hydroxylation is 2. The van der Waals surface area contributed by atoms with Gasteiger partial charge < -0.3 is 10.3 Å². The lowest BCUT2D eigenvalue weighted by atomic mass is 10.1. The number of benzene rings is 2. The lowest BCUT2D eigenvalue weighted by Gasteiger charge is -2.09. The van der Waals surface area contributed by atoms with Crippen molar-refractivity contribution >= 4 is 16.7 Å². The average molecular weight is 277 g/mol. The van der Waals surface area contributed by atoms with Gasteiger partial charge in [0.15, 0.2) is 0 Å². The van der Waals surface area contributed by atoms with Crippen molar-refractivity contribution < 1.29 is 0 Å². The molecule has 0 unspecified atom stereocenters. The van der Waals surface area contributed by atoms with E-state index in [1.165, 1.54) is 23.9 Å². The first-order valence-electron chi connectivity index (χ1n) is 7.48. The van der Waals surface area contributed by atoms with Crippen LogP contribution < -0.4 is 5.73 Å². The number of fused-ring (bicyclic) bond motifs is 1. The Kier molecular flexibility index (Phi) is 2.58. The van der Waals surface area contributed by atoms with Gasteiger partial charge in [-0.05, 0) is 56.0 Å². The molecular weight excluding hydrogens is 258 g/mol. The summed E-state index contributed by atoms with van der Waals surface area (Å²) in [6, 6.07) is 13.4. The molecular formula is C18H19N3. The lowest BCUT2D eigenvalue weighted by Crippen LogP contribution is -1.98. The molecule has 3 heteroatoms. The predicted molar refractivity (Wildman–Crippen MR) is 87.3 cm³/mol. The maximum Gasteiger partial charge on any atom is 0.141 e. The molecule has 0 spiro atoms. The second-order valence-corrected chi connectivity index (χ2v) is 6.10. The van der Waals surface area contributed by atoms with Crippen LogP contribution >= 0.6 is 0 Å². The number of hydrogen-bond donors (Lipinski definition) is 1. The van der Waals surface area contributed by atoms with Crippen LogP contribution in [0.5, 0.6) is 0 Å². The highest BCUT2D eigenvalue weighted by molar-refractivity contribution is 5.82. The molecule has 0 bridgehead atoms. The molecule has 1 aliphatic carbocycles. The Labute approximate surface area is 124 Å². The van der Waals surface area contributed by atoms with Crippen LogP contribution in [0, 0.1) is 13.8 Å². The van der Waals surface area contributed by atoms with Crippen molar-refractivity contribution in [2.75, 3.05) is 5.73 Å². The second-order valence-electron chi connectivity index (χ2n) is 6.10. The lowest BCUT2D eigenvalue weighted by molar-refractivity contribution is 0.775. The Hall–Kier alpha value is -2.29. The molecule has 0 radical (unpaired) electrons. The molecule has 3 nitrogen and oxygen atoms in total. The van der Waals surface area contributed by atoms with Gasteiger partial charge in [-0.3, -0.25) is 0 Å². The zero-order valence-corrected chi connectivity index (χ0v) is 12.4. The number of rotatable bonds is 2. The van der Waals surface area contributed by atoms with E-state index in [1.54, 1.807) is 0 Å². The van der Waals surface area contributed by atoms with Gasteiger partial charge in [-0.15, -0.1) is 0 Å². The van der Waals surface area contributed by atoms with E-state index < -0.39 is 0 Å². The van der Waals surface area contributed by atoms with Crippen LogP contribution in [0.25, 0.3) is 22.4 Å². The zero-order chi connectivity index (χ0) is 14.6. The molecule has 4 rings (SSSR count). The summed E-state index contributed by atoms with van der Waals surface area (Å²) in [7, 11) is 0. The summed E-state index contributed by atoms with van der Waals surface area (Å²) >= 11 is 0. The molecule has 0 saturated heterocycles. The molecule has 0 atom stereocenters. The minimum atomic E-state index is 0.593. The van der Waals surface area contributed by atoms with Crippen molar-refractivity contribution in [1.29, 1.82) is 0 Å². The largest absolute Gasteiger partial charge is 0.398 e. The molecule has 21 heavy (non-hydrogen) atoms. The molecule has 1 heterocycles. The average Bonchev–Trinajstić information content (AvgIpc) is 3.22. The standard InChI is InChI=1S/C18H19N3/c1-11-3-8-17-16(9-11)20-18(21(17)14-6-7-14)13-5-4-12(2)15(19)10-13/h3-5,8-10,14H,6-7,19H2,1-2H3. The van der Waals surface area contributed by atoms with E-state index in [0.717, 1.165) is 28.2 Å². The molecule has 0 amide bonds. The van der Waals surface area contributed by atoms with E-state index >= 15 is 0 Å². The fourth-order valence-corrected chi connectivity index (χ4v) is 2.89. The number of nitrogens with zero attached hydrogens (tertiary/aromatic N) is 2. The van der Waals surface area contributed by atoms with Crippen molar-refractivity contribution in [1.82, 2.24) is 9.55 Å². The Bertz CT molecular complexity index is 841. The Morgan fingerprint density at radius 1 is 1.10 bits per heavy atom. The SMILES string of the molecule is Cc1ccc2c(c1)nc(-c1ccc(C)c(N)c1)n2C1CC1. The first kappa shape index (κ1) is 12.5. The first-order chi connectivity index (χ1) is 10.1. The quantitative estimate of drug-likeness (QED) is 0.712. The normalized spacial score (nSPS) is 14.8. The maximum atomic E-state index is 6.08. The highest BCUT2D eigenvalue weighted by atomic mass is 15.1. The number of anilines is 1. The third-order valence-electron chi connectivity index (χ3n) is 4.29. The van der Waals surface area contributed by atoms with E-state index in [9.17, 15) is 0 Å². The molecule has 3 aromatic rings. The summed E-state index contributed by atoms with van der Waals surface area (Å²) in [5, 5.41) is 0. The van der Waals surface area contributed by atoms with Gasteiger partial charge in [-0.1, -0.05) is 18.2 Å². The molecule has 106 valence electrons. The Morgan fingerprint density at radius 2 is 1.90 bits per heavy atom. The van der Waals surface area contributed by atoms with E-state index in [1.807, 2.05) is 13.0 Å². The topological polar surface area (TPSA) is 43.8 Å². The number of hydrogen-bond acceptors (Lipinski definition) is 2. The zero-order valence-electron chi connectivity index (χ0n) is 12.4. The summed E-state index contributed by atoms with van der Waals surface area (Å²) in [6.07, 6.45) is 2.49. The van der Waals surface area contributed by atoms with Gasteiger partial charge in [0.25, 0.3) is 0 Å². The Morgan fingerprint density at radius 3 is 2.62 bits per heavy atom. The summed E-state index contributed by atoms with van der Waals surface area (Å²) in [6.45, 7) is 4.14. The number of imidazole rings is 1. The van der Waals surface area contributed by atoms with E-state index in [0.29, 0.717) is 6.04 Å². The minimum absolute atomic E-state index is 0.593. The summed E-state index contributed by atoms with van der Waals surface area (Å²) in [5.41, 5.74) is 12.7. The Balaban J connectivity index is 1.98. The van der Waals surface area contributed by atoms with Crippen LogP contribution in [0.1, 0.15) is 30.0 Å². The molecule has 1 aromatic heterocycles. The molecule has 1 saturated carbocycles. The van der Waals surface area contributed by atoms with Gasteiger partial charge in [-0.2, -0.15) is 0 Å². The van der Waals surface area contributed by atoms with Crippen molar-refractivity contribution in [3.8, 4) is 11.4 Å². The van der Waals surface area contributed by atoms with Crippen LogP contribution in [0.15, 0.2) is 36.4 Å². The van der Waals surface area contributed by atoms with Crippen LogP contribution in [0.3, 0.4) is 0 Å². The molecule has 2 N–H and O–H groups in total. The van der Waals surface area contributed by atoms with E-state index in [2.05, 4.69) is 41.8 Å². The van der Waals surface area contributed by atoms with Gasteiger partial charge in [-0.25, -0.2) is 4.98 Å². The van der Waals surface area contributed by atoms with Gasteiger partial charge >= 0.3 is 0 Å². The van der Waals surface area contributed by atoms with Crippen molar-refractivity contribution in [3.05, 3.63) is 47.5 Å². The van der Waals surface area contributed by atoms with Crippen molar-refractivity contribution in [2.45, 2.75) is 32.7 Å². The summed E-state index contributed by atoms with van der Waals surface area (Å²) in [5.74, 6) is 1.05. The van der Waals surface area contributed by atoms with Gasteiger partial charge in [0.1, 0.15) is 5.82 Å². The molecule has 1 fully saturated rings. The number of aromatic nitrogens is 2. The highest BCUT2D eigenvalue weighted by Gasteiger charge is 2.28. The monoisotopic (exact) mass is 277 g/mol. The number of nitrogen functional groups attached to an aromatic ring is 1.